The van der Waals surface area contributed by atoms with Gasteiger partial charge in [0.05, 0.1) is 5.69 Å². The summed E-state index contributed by atoms with van der Waals surface area (Å²) in [6, 6.07) is 5.87. The maximum Gasteiger partial charge on any atom is 0.170 e. The molecule has 1 aromatic rings. The summed E-state index contributed by atoms with van der Waals surface area (Å²) in [4.78, 5) is 4.55. The van der Waals surface area contributed by atoms with Gasteiger partial charge in [0.2, 0.25) is 0 Å². The molecule has 2 aliphatic heterocycles. The molecule has 2 heterocycles. The molecule has 1 aromatic carbocycles. The molecule has 3 rings (SSSR count). The van der Waals surface area contributed by atoms with E-state index in [9.17, 15) is 4.39 Å². The maximum atomic E-state index is 14.4. The monoisotopic (exact) mass is 292 g/mol. The lowest BCUT2D eigenvalue weighted by atomic mass is 10.1. The normalized spacial score (nSPS) is 27.0. The van der Waals surface area contributed by atoms with E-state index in [0.29, 0.717) is 23.3 Å². The maximum absolute atomic E-state index is 14.4. The van der Waals surface area contributed by atoms with Crippen LogP contribution in [0.2, 0.25) is 0 Å². The summed E-state index contributed by atoms with van der Waals surface area (Å²) < 4.78 is 14.4. The predicted octanol–water partition coefficient (Wildman–Crippen LogP) is 1.59. The fraction of sp³-hybridized carbons (Fsp3) is 0.533. The number of likely N-dealkylation sites (N-methyl/N-ethyl adjacent to an activating group) is 1. The summed E-state index contributed by atoms with van der Waals surface area (Å²) in [5, 5.41) is 11.6. The lowest BCUT2D eigenvalue weighted by Crippen LogP contribution is -2.37. The van der Waals surface area contributed by atoms with Gasteiger partial charge >= 0.3 is 0 Å². The van der Waals surface area contributed by atoms with Gasteiger partial charge in [-0.1, -0.05) is 5.16 Å². The number of fused-ring (bicyclic) bond motifs is 2. The molecule has 2 atom stereocenters. The number of amidine groups is 1. The highest BCUT2D eigenvalue weighted by Gasteiger charge is 2.35. The van der Waals surface area contributed by atoms with Gasteiger partial charge in [0.15, 0.2) is 5.84 Å². The smallest absolute Gasteiger partial charge is 0.170 e. The summed E-state index contributed by atoms with van der Waals surface area (Å²) >= 11 is 0. The zero-order valence-corrected chi connectivity index (χ0v) is 12.2. The molecule has 0 aromatic heterocycles. The largest absolute Gasteiger partial charge is 0.409 e. The molecule has 0 amide bonds. The van der Waals surface area contributed by atoms with E-state index in [-0.39, 0.29) is 11.7 Å². The molecule has 3 N–H and O–H groups in total. The minimum atomic E-state index is -0.320. The highest BCUT2D eigenvalue weighted by Crippen LogP contribution is 2.31. The lowest BCUT2D eigenvalue weighted by Gasteiger charge is -2.28. The molecule has 2 bridgehead atoms. The van der Waals surface area contributed by atoms with Crippen LogP contribution in [0.5, 0.6) is 0 Å². The summed E-state index contributed by atoms with van der Waals surface area (Å²) in [6.07, 6.45) is 3.50. The van der Waals surface area contributed by atoms with Crippen LogP contribution in [0.25, 0.3) is 0 Å². The fourth-order valence-electron chi connectivity index (χ4n) is 3.51. The van der Waals surface area contributed by atoms with Crippen LogP contribution in [0.3, 0.4) is 0 Å². The van der Waals surface area contributed by atoms with Gasteiger partial charge in [-0.15, -0.1) is 0 Å². The van der Waals surface area contributed by atoms with Crippen molar-refractivity contribution in [2.75, 3.05) is 25.0 Å². The third kappa shape index (κ3) is 2.55. The number of benzene rings is 1. The van der Waals surface area contributed by atoms with Crippen molar-refractivity contribution in [3.63, 3.8) is 0 Å². The molecule has 5 nitrogen and oxygen atoms in total. The quantitative estimate of drug-likeness (QED) is 0.376. The summed E-state index contributed by atoms with van der Waals surface area (Å²) in [6.45, 7) is 1.72. The van der Waals surface area contributed by atoms with Gasteiger partial charge in [-0.05, 0) is 44.5 Å². The number of halogens is 1. The van der Waals surface area contributed by atoms with Crippen molar-refractivity contribution in [2.24, 2.45) is 10.9 Å². The van der Waals surface area contributed by atoms with Crippen LogP contribution in [-0.2, 0) is 0 Å². The van der Waals surface area contributed by atoms with Crippen LogP contribution in [0.4, 0.5) is 10.1 Å². The number of hydrogen-bond acceptors (Lipinski definition) is 4. The number of oxime groups is 1. The van der Waals surface area contributed by atoms with Crippen molar-refractivity contribution in [3.05, 3.63) is 29.6 Å². The molecule has 0 radical (unpaired) electrons. The van der Waals surface area contributed by atoms with Gasteiger partial charge in [0.25, 0.3) is 0 Å². The van der Waals surface area contributed by atoms with E-state index in [1.807, 2.05) is 0 Å². The Hall–Kier alpha value is -1.82. The first-order valence-corrected chi connectivity index (χ1v) is 7.34. The Balaban J connectivity index is 1.84. The van der Waals surface area contributed by atoms with E-state index in [2.05, 4.69) is 22.0 Å². The molecule has 21 heavy (non-hydrogen) atoms. The molecule has 0 saturated carbocycles. The van der Waals surface area contributed by atoms with Crippen LogP contribution in [0, 0.1) is 5.82 Å². The Morgan fingerprint density at radius 3 is 2.81 bits per heavy atom. The van der Waals surface area contributed by atoms with E-state index in [0.717, 1.165) is 19.5 Å². The van der Waals surface area contributed by atoms with Gasteiger partial charge in [-0.3, -0.25) is 4.90 Å². The van der Waals surface area contributed by atoms with Crippen molar-refractivity contribution < 1.29 is 9.60 Å². The zero-order chi connectivity index (χ0) is 15.0. The average Bonchev–Trinajstić information content (AvgIpc) is 2.72. The Bertz CT molecular complexity index is 563. The van der Waals surface area contributed by atoms with E-state index >= 15 is 0 Å². The number of hydrogen-bond donors (Lipinski definition) is 2. The lowest BCUT2D eigenvalue weighted by molar-refractivity contribution is 0.254. The van der Waals surface area contributed by atoms with Gasteiger partial charge in [-0.25, -0.2) is 4.39 Å². The summed E-state index contributed by atoms with van der Waals surface area (Å²) in [5.74, 6) is -0.394. The second-order valence-corrected chi connectivity index (χ2v) is 5.94. The average molecular weight is 292 g/mol. The molecule has 6 heteroatoms. The minimum Gasteiger partial charge on any atom is -0.409 e. The third-order valence-electron chi connectivity index (χ3n) is 4.84. The number of rotatable bonds is 2. The Morgan fingerprint density at radius 2 is 2.10 bits per heavy atom. The molecule has 2 aliphatic rings. The highest BCUT2D eigenvalue weighted by molar-refractivity contribution is 5.97. The fourth-order valence-corrected chi connectivity index (χ4v) is 3.51. The third-order valence-corrected chi connectivity index (χ3v) is 4.84. The number of nitrogens with zero attached hydrogens (tertiary/aromatic N) is 3. The first kappa shape index (κ1) is 14.1. The molecule has 0 aliphatic carbocycles. The van der Waals surface area contributed by atoms with E-state index in [1.54, 1.807) is 12.1 Å². The van der Waals surface area contributed by atoms with Gasteiger partial charge in [0, 0.05) is 30.7 Å². The van der Waals surface area contributed by atoms with Gasteiger partial charge in [0.1, 0.15) is 5.82 Å². The van der Waals surface area contributed by atoms with Gasteiger partial charge in [-0.2, -0.15) is 0 Å². The second-order valence-electron chi connectivity index (χ2n) is 5.94. The van der Waals surface area contributed by atoms with Crippen LogP contribution in [-0.4, -0.2) is 48.2 Å². The number of anilines is 1. The van der Waals surface area contributed by atoms with E-state index < -0.39 is 0 Å². The second kappa shape index (κ2) is 5.52. The van der Waals surface area contributed by atoms with Crippen molar-refractivity contribution >= 4 is 11.5 Å². The standard InChI is InChI=1S/C15H21FN4O/c1-19-11-3-4-12(19)9-20(7-6-11)14-5-2-10(8-13(14)16)15(17)18-21/h2,5,8,11-12,21H,3-4,6-7,9H2,1H3,(H2,17,18). The van der Waals surface area contributed by atoms with Crippen LogP contribution in [0.15, 0.2) is 23.4 Å². The molecule has 2 saturated heterocycles. The summed E-state index contributed by atoms with van der Waals surface area (Å²) in [7, 11) is 2.17. The highest BCUT2D eigenvalue weighted by atomic mass is 19.1. The van der Waals surface area contributed by atoms with E-state index in [1.165, 1.54) is 18.9 Å². The van der Waals surface area contributed by atoms with Crippen LogP contribution in [0.1, 0.15) is 24.8 Å². The number of nitrogens with two attached hydrogens (primary N) is 1. The molecule has 2 fully saturated rings. The predicted molar refractivity (Wildman–Crippen MR) is 80.3 cm³/mol. The Kier molecular flexibility index (Phi) is 3.71. The van der Waals surface area contributed by atoms with Crippen molar-refractivity contribution in [3.8, 4) is 0 Å². The molecule has 2 unspecified atom stereocenters. The Labute approximate surface area is 123 Å². The van der Waals surface area contributed by atoms with Crippen molar-refractivity contribution in [2.45, 2.75) is 31.3 Å². The van der Waals surface area contributed by atoms with E-state index in [4.69, 9.17) is 10.9 Å². The Morgan fingerprint density at radius 1 is 1.33 bits per heavy atom. The minimum absolute atomic E-state index is 0.0740. The van der Waals surface area contributed by atoms with Crippen LogP contribution < -0.4 is 10.6 Å². The SMILES string of the molecule is CN1C2CCC1CN(c1ccc(C(N)=NO)cc1F)CC2. The van der Waals surface area contributed by atoms with Crippen molar-refractivity contribution in [1.29, 1.82) is 0 Å². The first-order chi connectivity index (χ1) is 10.1. The first-order valence-electron chi connectivity index (χ1n) is 7.34. The molecule has 114 valence electrons. The van der Waals surface area contributed by atoms with Gasteiger partial charge < -0.3 is 15.8 Å². The molecular weight excluding hydrogens is 271 g/mol. The molecule has 0 spiro atoms. The summed E-state index contributed by atoms with van der Waals surface area (Å²) in [5.41, 5.74) is 6.50. The van der Waals surface area contributed by atoms with Crippen LogP contribution >= 0.6 is 0 Å². The molecular formula is C15H21FN4O. The van der Waals surface area contributed by atoms with Crippen molar-refractivity contribution in [1.82, 2.24) is 4.90 Å². The zero-order valence-electron chi connectivity index (χ0n) is 12.2. The topological polar surface area (TPSA) is 65.1 Å².